The number of aromatic nitrogens is 1. The molecule has 0 unspecified atom stereocenters. The molecular formula is C30H27N3O3S. The van der Waals surface area contributed by atoms with Crippen LogP contribution >= 0.6 is 11.8 Å². The molecule has 0 fully saturated rings. The summed E-state index contributed by atoms with van der Waals surface area (Å²) in [6.07, 6.45) is 0. The molecule has 1 N–H and O–H groups in total. The number of carbonyl (C=O) groups is 1. The number of thioether (sulfide) groups is 1. The van der Waals surface area contributed by atoms with E-state index in [0.717, 1.165) is 33.9 Å². The fourth-order valence-electron chi connectivity index (χ4n) is 3.75. The number of carbonyl (C=O) groups excluding carboxylic acids is 1. The van der Waals surface area contributed by atoms with E-state index in [-0.39, 0.29) is 11.7 Å². The number of benzene rings is 3. The first-order valence-corrected chi connectivity index (χ1v) is 13.0. The molecule has 0 aliphatic carbocycles. The lowest BCUT2D eigenvalue weighted by atomic mass is 9.99. The number of rotatable bonds is 10. The molecule has 0 saturated heterocycles. The van der Waals surface area contributed by atoms with Crippen molar-refractivity contribution in [1.82, 2.24) is 4.98 Å². The third-order valence-corrected chi connectivity index (χ3v) is 6.41. The maximum absolute atomic E-state index is 12.7. The van der Waals surface area contributed by atoms with E-state index in [4.69, 9.17) is 14.5 Å². The van der Waals surface area contributed by atoms with Crippen LogP contribution in [0.15, 0.2) is 90.0 Å². The van der Waals surface area contributed by atoms with Gasteiger partial charge in [0.15, 0.2) is 0 Å². The zero-order valence-corrected chi connectivity index (χ0v) is 21.5. The van der Waals surface area contributed by atoms with Crippen LogP contribution in [0.2, 0.25) is 0 Å². The van der Waals surface area contributed by atoms with Crippen molar-refractivity contribution < 1.29 is 14.3 Å². The Morgan fingerprint density at radius 1 is 0.892 bits per heavy atom. The highest BCUT2D eigenvalue weighted by molar-refractivity contribution is 8.00. The predicted octanol–water partition coefficient (Wildman–Crippen LogP) is 6.82. The molecular weight excluding hydrogens is 482 g/mol. The molecule has 1 amide bonds. The highest BCUT2D eigenvalue weighted by atomic mass is 32.2. The molecule has 3 aromatic carbocycles. The standard InChI is InChI=1S/C30H27N3O3S/c1-3-35-24-14-10-22(11-15-24)28-18-26(21-8-6-5-7-9-21)27(19-31)30(33-28)37-20-29(34)32-23-12-16-25(17-13-23)36-4-2/h5-18H,3-4,20H2,1-2H3,(H,32,34). The van der Waals surface area contributed by atoms with E-state index < -0.39 is 0 Å². The molecule has 0 saturated carbocycles. The molecule has 4 aromatic rings. The van der Waals surface area contributed by atoms with Crippen molar-refractivity contribution in [2.45, 2.75) is 18.9 Å². The van der Waals surface area contributed by atoms with Gasteiger partial charge in [-0.15, -0.1) is 0 Å². The van der Waals surface area contributed by atoms with Gasteiger partial charge in [-0.05, 0) is 74.0 Å². The van der Waals surface area contributed by atoms with Gasteiger partial charge in [-0.3, -0.25) is 4.79 Å². The molecule has 6 nitrogen and oxygen atoms in total. The Bertz CT molecular complexity index is 1380. The van der Waals surface area contributed by atoms with Crippen LogP contribution in [-0.2, 0) is 4.79 Å². The van der Waals surface area contributed by atoms with Crippen LogP contribution in [0.4, 0.5) is 5.69 Å². The van der Waals surface area contributed by atoms with Crippen molar-refractivity contribution in [3.8, 4) is 40.0 Å². The maximum Gasteiger partial charge on any atom is 0.234 e. The number of nitrogens with one attached hydrogen (secondary N) is 1. The Morgan fingerprint density at radius 3 is 2.11 bits per heavy atom. The molecule has 7 heteroatoms. The minimum Gasteiger partial charge on any atom is -0.494 e. The molecule has 1 heterocycles. The van der Waals surface area contributed by atoms with E-state index >= 15 is 0 Å². The minimum atomic E-state index is -0.187. The fourth-order valence-corrected chi connectivity index (χ4v) is 4.55. The number of ether oxygens (including phenoxy) is 2. The molecule has 0 spiro atoms. The molecule has 1 aromatic heterocycles. The van der Waals surface area contributed by atoms with E-state index in [9.17, 15) is 10.1 Å². The fraction of sp³-hybridized carbons (Fsp3) is 0.167. The predicted molar refractivity (Wildman–Crippen MR) is 148 cm³/mol. The zero-order valence-electron chi connectivity index (χ0n) is 20.7. The quantitative estimate of drug-likeness (QED) is 0.236. The van der Waals surface area contributed by atoms with Gasteiger partial charge >= 0.3 is 0 Å². The van der Waals surface area contributed by atoms with E-state index in [1.165, 1.54) is 11.8 Å². The van der Waals surface area contributed by atoms with Gasteiger partial charge in [0.1, 0.15) is 22.6 Å². The summed E-state index contributed by atoms with van der Waals surface area (Å²) >= 11 is 1.24. The molecule has 0 aliphatic heterocycles. The summed E-state index contributed by atoms with van der Waals surface area (Å²) in [7, 11) is 0. The van der Waals surface area contributed by atoms with Crippen molar-refractivity contribution >= 4 is 23.4 Å². The summed E-state index contributed by atoms with van der Waals surface area (Å²) in [4.78, 5) is 17.5. The second-order valence-electron chi connectivity index (χ2n) is 7.96. The summed E-state index contributed by atoms with van der Waals surface area (Å²) in [6.45, 7) is 5.03. The normalized spacial score (nSPS) is 10.4. The highest BCUT2D eigenvalue weighted by Crippen LogP contribution is 2.34. The Morgan fingerprint density at radius 2 is 1.51 bits per heavy atom. The molecule has 186 valence electrons. The lowest BCUT2D eigenvalue weighted by molar-refractivity contribution is -0.113. The Labute approximate surface area is 221 Å². The van der Waals surface area contributed by atoms with Crippen LogP contribution in [-0.4, -0.2) is 29.9 Å². The number of nitrogens with zero attached hydrogens (tertiary/aromatic N) is 2. The Kier molecular flexibility index (Phi) is 8.79. The first kappa shape index (κ1) is 25.8. The largest absolute Gasteiger partial charge is 0.494 e. The second-order valence-corrected chi connectivity index (χ2v) is 8.93. The lowest BCUT2D eigenvalue weighted by Gasteiger charge is -2.13. The average Bonchev–Trinajstić information content (AvgIpc) is 2.93. The van der Waals surface area contributed by atoms with Gasteiger partial charge in [0.2, 0.25) is 5.91 Å². The lowest BCUT2D eigenvalue weighted by Crippen LogP contribution is -2.14. The van der Waals surface area contributed by atoms with Crippen molar-refractivity contribution in [3.05, 3.63) is 90.5 Å². The topological polar surface area (TPSA) is 84.2 Å². The Balaban J connectivity index is 1.61. The van der Waals surface area contributed by atoms with Crippen LogP contribution in [0.5, 0.6) is 11.5 Å². The molecule has 4 rings (SSSR count). The number of anilines is 1. The smallest absolute Gasteiger partial charge is 0.234 e. The summed E-state index contributed by atoms with van der Waals surface area (Å²) in [6, 6.07) is 28.9. The first-order chi connectivity index (χ1) is 18.1. The van der Waals surface area contributed by atoms with E-state index in [1.54, 1.807) is 12.1 Å². The van der Waals surface area contributed by atoms with Gasteiger partial charge in [-0.2, -0.15) is 5.26 Å². The van der Waals surface area contributed by atoms with Gasteiger partial charge in [-0.25, -0.2) is 4.98 Å². The van der Waals surface area contributed by atoms with Gasteiger partial charge in [0, 0.05) is 16.8 Å². The molecule has 0 atom stereocenters. The van der Waals surface area contributed by atoms with Gasteiger partial charge in [0.25, 0.3) is 0 Å². The second kappa shape index (κ2) is 12.6. The number of hydrogen-bond acceptors (Lipinski definition) is 6. The maximum atomic E-state index is 12.7. The summed E-state index contributed by atoms with van der Waals surface area (Å²) in [5.74, 6) is 1.45. The van der Waals surface area contributed by atoms with Crippen molar-refractivity contribution in [2.75, 3.05) is 24.3 Å². The SMILES string of the molecule is CCOc1ccc(NC(=O)CSc2nc(-c3ccc(OCC)cc3)cc(-c3ccccc3)c2C#N)cc1. The van der Waals surface area contributed by atoms with Gasteiger partial charge < -0.3 is 14.8 Å². The van der Waals surface area contributed by atoms with Crippen LogP contribution in [0.1, 0.15) is 19.4 Å². The summed E-state index contributed by atoms with van der Waals surface area (Å²) in [5.41, 5.74) is 4.42. The average molecular weight is 510 g/mol. The van der Waals surface area contributed by atoms with Crippen LogP contribution in [0.25, 0.3) is 22.4 Å². The Hall–Kier alpha value is -4.28. The molecule has 0 bridgehead atoms. The summed E-state index contributed by atoms with van der Waals surface area (Å²) < 4.78 is 11.0. The van der Waals surface area contributed by atoms with Crippen LogP contribution < -0.4 is 14.8 Å². The zero-order chi connectivity index (χ0) is 26.0. The molecule has 37 heavy (non-hydrogen) atoms. The van der Waals surface area contributed by atoms with Crippen LogP contribution in [0.3, 0.4) is 0 Å². The number of hydrogen-bond donors (Lipinski definition) is 1. The number of nitriles is 1. The molecule has 0 radical (unpaired) electrons. The first-order valence-electron chi connectivity index (χ1n) is 12.0. The minimum absolute atomic E-state index is 0.107. The van der Waals surface area contributed by atoms with Gasteiger partial charge in [-0.1, -0.05) is 42.1 Å². The number of amides is 1. The van der Waals surface area contributed by atoms with Crippen LogP contribution in [0, 0.1) is 11.3 Å². The number of pyridine rings is 1. The third kappa shape index (κ3) is 6.69. The third-order valence-electron chi connectivity index (χ3n) is 5.43. The monoisotopic (exact) mass is 509 g/mol. The van der Waals surface area contributed by atoms with E-state index in [1.807, 2.05) is 86.6 Å². The van der Waals surface area contributed by atoms with Gasteiger partial charge in [0.05, 0.1) is 30.2 Å². The highest BCUT2D eigenvalue weighted by Gasteiger charge is 2.17. The van der Waals surface area contributed by atoms with Crippen molar-refractivity contribution in [1.29, 1.82) is 5.26 Å². The van der Waals surface area contributed by atoms with Crippen molar-refractivity contribution in [3.63, 3.8) is 0 Å². The van der Waals surface area contributed by atoms with Crippen molar-refractivity contribution in [2.24, 2.45) is 0 Å². The molecule has 0 aliphatic rings. The van der Waals surface area contributed by atoms with E-state index in [0.29, 0.717) is 29.5 Å². The summed E-state index contributed by atoms with van der Waals surface area (Å²) in [5, 5.41) is 13.5. The van der Waals surface area contributed by atoms with E-state index in [2.05, 4.69) is 11.4 Å².